The molecule has 2 aliphatic rings. The van der Waals surface area contributed by atoms with E-state index in [0.29, 0.717) is 27.7 Å². The summed E-state index contributed by atoms with van der Waals surface area (Å²) in [5.74, 6) is -3.20. The highest BCUT2D eigenvalue weighted by Crippen LogP contribution is 2.43. The second-order valence-electron chi connectivity index (χ2n) is 11.1. The Bertz CT molecular complexity index is 2250. The number of carboxylic acids is 2. The van der Waals surface area contributed by atoms with E-state index >= 15 is 0 Å². The number of anilines is 1. The number of esters is 2. The molecular formula is C36H29Cl4NO10. The fourth-order valence-corrected chi connectivity index (χ4v) is 6.33. The lowest BCUT2D eigenvalue weighted by molar-refractivity contribution is -0.0228. The molecule has 5 N–H and O–H groups in total. The molecular weight excluding hydrogens is 748 g/mol. The number of nitrogens with one attached hydrogen (secondary N) is 1. The summed E-state index contributed by atoms with van der Waals surface area (Å²) < 4.78 is 10.5. The minimum atomic E-state index is -1.35. The van der Waals surface area contributed by atoms with E-state index in [1.807, 2.05) is 45.0 Å². The number of carbonyl (C=O) groups excluding carboxylic acids is 2. The molecule has 0 saturated carbocycles. The summed E-state index contributed by atoms with van der Waals surface area (Å²) in [6.45, 7) is 12.1. The maximum absolute atomic E-state index is 12.2. The van der Waals surface area contributed by atoms with Crippen LogP contribution in [0.4, 0.5) is 5.69 Å². The molecule has 4 aromatic carbocycles. The third-order valence-corrected chi connectivity index (χ3v) is 8.82. The molecule has 2 aliphatic heterocycles. The van der Waals surface area contributed by atoms with Crippen LogP contribution in [0.15, 0.2) is 42.5 Å². The average Bonchev–Trinajstić information content (AvgIpc) is 3.34. The van der Waals surface area contributed by atoms with E-state index in [1.54, 1.807) is 6.07 Å². The van der Waals surface area contributed by atoms with Crippen molar-refractivity contribution in [2.75, 3.05) is 11.9 Å². The van der Waals surface area contributed by atoms with E-state index in [1.165, 1.54) is 13.0 Å². The molecule has 0 unspecified atom stereocenters. The Balaban J connectivity index is 0.000000243. The van der Waals surface area contributed by atoms with Crippen molar-refractivity contribution in [2.45, 2.75) is 34.0 Å². The standard InChI is InChI=1S/C25H21Cl2NO3.C9H2Cl2O5.C2H6O2/c1-5-28-19-11-21-16(9-14(19)4)22(15-8-12(2)13(3)10-20(15)31-21)23-17(26)6-7-18(27)24(23)25(29)30;10-3-1-2(7(12)13)6(11)5-4(3)8(14)16-9(5)15;1-2(3)4/h6-11,28H,3,5H2,1-2,4H3,(H,29,30);1H,(H,12,13);2-4H,1H3. The number of hydrogen-bond acceptors (Lipinski definition) is 9. The van der Waals surface area contributed by atoms with Crippen molar-refractivity contribution < 1.29 is 49.1 Å². The van der Waals surface area contributed by atoms with Crippen LogP contribution in [0.25, 0.3) is 12.2 Å². The van der Waals surface area contributed by atoms with Gasteiger partial charge in [-0.25, -0.2) is 19.2 Å². The summed E-state index contributed by atoms with van der Waals surface area (Å²) in [6.07, 6.45) is -1.17. The molecule has 0 aliphatic carbocycles. The number of aryl methyl sites for hydroxylation is 2. The Kier molecular flexibility index (Phi) is 12.1. The molecule has 11 nitrogen and oxygen atoms in total. The van der Waals surface area contributed by atoms with Crippen molar-refractivity contribution in [3.63, 3.8) is 0 Å². The van der Waals surface area contributed by atoms with Crippen molar-refractivity contribution >= 4 is 88.1 Å². The monoisotopic (exact) mass is 775 g/mol. The van der Waals surface area contributed by atoms with Gasteiger partial charge in [-0.15, -0.1) is 0 Å². The molecule has 51 heavy (non-hydrogen) atoms. The Labute approximate surface area is 310 Å². The number of carboxylic acid groups (broad SMARTS) is 2. The summed E-state index contributed by atoms with van der Waals surface area (Å²) in [6, 6.07) is 11.9. The van der Waals surface area contributed by atoms with Crippen molar-refractivity contribution in [2.24, 2.45) is 0 Å². The molecule has 0 fully saturated rings. The molecule has 266 valence electrons. The van der Waals surface area contributed by atoms with Crippen LogP contribution in [0.5, 0.6) is 11.5 Å². The van der Waals surface area contributed by atoms with E-state index < -0.39 is 30.2 Å². The van der Waals surface area contributed by atoms with Crippen molar-refractivity contribution in [3.8, 4) is 11.5 Å². The van der Waals surface area contributed by atoms with Crippen LogP contribution in [0.2, 0.25) is 20.1 Å². The minimum Gasteiger partial charge on any atom is -0.478 e. The average molecular weight is 777 g/mol. The van der Waals surface area contributed by atoms with Crippen LogP contribution in [0, 0.1) is 13.8 Å². The fraction of sp³-hybridized carbons (Fsp3) is 0.167. The lowest BCUT2D eigenvalue weighted by atomic mass is 9.88. The summed E-state index contributed by atoms with van der Waals surface area (Å²) in [5, 5.41) is 38.8. The number of aromatic carboxylic acids is 2. The summed E-state index contributed by atoms with van der Waals surface area (Å²) in [7, 11) is 0. The highest BCUT2D eigenvalue weighted by molar-refractivity contribution is 6.42. The van der Waals surface area contributed by atoms with Crippen molar-refractivity contribution in [3.05, 3.63) is 118 Å². The number of aliphatic hydroxyl groups is 2. The summed E-state index contributed by atoms with van der Waals surface area (Å²) in [5.41, 5.74) is 3.85. The molecule has 0 atom stereocenters. The number of rotatable bonds is 5. The first kappa shape index (κ1) is 39.2. The fourth-order valence-electron chi connectivity index (χ4n) is 5.26. The summed E-state index contributed by atoms with van der Waals surface area (Å²) in [4.78, 5) is 45.4. The van der Waals surface area contributed by atoms with Gasteiger partial charge in [-0.1, -0.05) is 53.0 Å². The third kappa shape index (κ3) is 7.99. The number of carbonyl (C=O) groups is 4. The number of aliphatic hydroxyl groups excluding tert-OH is 1. The zero-order valence-corrected chi connectivity index (χ0v) is 30.3. The second kappa shape index (κ2) is 15.7. The lowest BCUT2D eigenvalue weighted by Gasteiger charge is -2.25. The van der Waals surface area contributed by atoms with Gasteiger partial charge in [0, 0.05) is 45.2 Å². The number of halogens is 4. The highest BCUT2D eigenvalue weighted by atomic mass is 35.5. The molecule has 4 aromatic rings. The third-order valence-electron chi connectivity index (χ3n) is 7.50. The molecule has 0 saturated heterocycles. The molecule has 6 rings (SSSR count). The van der Waals surface area contributed by atoms with Gasteiger partial charge in [0.2, 0.25) is 0 Å². The van der Waals surface area contributed by atoms with E-state index in [2.05, 4.69) is 16.6 Å². The number of cyclic esters (lactones) is 2. The number of hydrogen-bond donors (Lipinski definition) is 5. The maximum atomic E-state index is 12.2. The Morgan fingerprint density at radius 1 is 0.804 bits per heavy atom. The van der Waals surface area contributed by atoms with E-state index in [-0.39, 0.29) is 37.3 Å². The molecule has 0 spiro atoms. The zero-order chi connectivity index (χ0) is 38.1. The van der Waals surface area contributed by atoms with Gasteiger partial charge in [-0.3, -0.25) is 0 Å². The van der Waals surface area contributed by atoms with Gasteiger partial charge in [0.25, 0.3) is 0 Å². The van der Waals surface area contributed by atoms with E-state index in [0.717, 1.165) is 45.4 Å². The van der Waals surface area contributed by atoms with Crippen LogP contribution in [-0.2, 0) is 4.74 Å². The van der Waals surface area contributed by atoms with E-state index in [4.69, 9.17) is 66.5 Å². The quantitative estimate of drug-likeness (QED) is 0.0718. The van der Waals surface area contributed by atoms with Gasteiger partial charge < -0.3 is 35.2 Å². The number of ether oxygens (including phenoxy) is 2. The van der Waals surface area contributed by atoms with Gasteiger partial charge in [0.1, 0.15) is 17.8 Å². The smallest absolute Gasteiger partial charge is 0.348 e. The summed E-state index contributed by atoms with van der Waals surface area (Å²) >= 11 is 24.3. The van der Waals surface area contributed by atoms with Crippen molar-refractivity contribution in [1.82, 2.24) is 0 Å². The highest BCUT2D eigenvalue weighted by Gasteiger charge is 2.37. The van der Waals surface area contributed by atoms with Crippen LogP contribution in [0.1, 0.15) is 77.5 Å². The number of fused-ring (bicyclic) bond motifs is 3. The molecule has 2 heterocycles. The van der Waals surface area contributed by atoms with Crippen molar-refractivity contribution in [1.29, 1.82) is 0 Å². The largest absolute Gasteiger partial charge is 0.478 e. The van der Waals surface area contributed by atoms with Gasteiger partial charge in [-0.05, 0) is 80.4 Å². The zero-order valence-electron chi connectivity index (χ0n) is 27.3. The molecule has 0 radical (unpaired) electrons. The Morgan fingerprint density at radius 3 is 2.00 bits per heavy atom. The molecule has 0 bridgehead atoms. The SMILES string of the molecule is C=c1cc2c(cc1C)=C(c1c(Cl)ccc(Cl)c1C(=O)O)c1cc(C)c(NCC)cc1O2.CC(O)O.O=C(O)c1cc(Cl)c2c(c1Cl)C(=O)OC2=O. The van der Waals surface area contributed by atoms with Crippen LogP contribution in [-0.4, -0.2) is 57.1 Å². The predicted molar refractivity (Wildman–Crippen MR) is 193 cm³/mol. The predicted octanol–water partition coefficient (Wildman–Crippen LogP) is 6.82. The first-order valence-electron chi connectivity index (χ1n) is 14.9. The first-order chi connectivity index (χ1) is 23.9. The van der Waals surface area contributed by atoms with Gasteiger partial charge in [0.15, 0.2) is 0 Å². The van der Waals surface area contributed by atoms with E-state index in [9.17, 15) is 24.3 Å². The Hall–Kier alpha value is -4.62. The topological polar surface area (TPSA) is 180 Å². The van der Waals surface area contributed by atoms with Gasteiger partial charge in [-0.2, -0.15) is 0 Å². The minimum absolute atomic E-state index is 0.0345. The number of benzene rings is 4. The first-order valence-corrected chi connectivity index (χ1v) is 16.4. The maximum Gasteiger partial charge on any atom is 0.348 e. The van der Waals surface area contributed by atoms with Gasteiger partial charge in [0.05, 0.1) is 37.3 Å². The molecule has 0 aromatic heterocycles. The van der Waals surface area contributed by atoms with Crippen LogP contribution in [0.3, 0.4) is 0 Å². The normalized spacial score (nSPS) is 12.3. The lowest BCUT2D eigenvalue weighted by Crippen LogP contribution is -2.23. The van der Waals surface area contributed by atoms with Gasteiger partial charge >= 0.3 is 23.9 Å². The molecule has 0 amide bonds. The second-order valence-corrected chi connectivity index (χ2v) is 12.7. The van der Waals surface area contributed by atoms with Crippen LogP contribution >= 0.6 is 46.4 Å². The van der Waals surface area contributed by atoms with Crippen LogP contribution < -0.4 is 20.5 Å². The molecule has 15 heteroatoms. The Morgan fingerprint density at radius 2 is 1.41 bits per heavy atom.